The average Bonchev–Trinajstić information content (AvgIpc) is 2.61. The molecular weight excluding hydrogens is 384 g/mol. The Kier molecular flexibility index (Phi) is 3.55. The Balaban J connectivity index is 2.07. The van der Waals surface area contributed by atoms with Crippen LogP contribution in [0.5, 0.6) is 0 Å². The van der Waals surface area contributed by atoms with E-state index in [0.29, 0.717) is 37.9 Å². The van der Waals surface area contributed by atoms with E-state index in [0.717, 1.165) is 5.56 Å². The summed E-state index contributed by atoms with van der Waals surface area (Å²) in [6.45, 7) is 0. The third-order valence-corrected chi connectivity index (χ3v) is 4.64. The van der Waals surface area contributed by atoms with Crippen molar-refractivity contribution in [2.24, 2.45) is 0 Å². The Labute approximate surface area is 150 Å². The smallest absolute Gasteiger partial charge is 0.238 e. The van der Waals surface area contributed by atoms with Crippen LogP contribution in [0.25, 0.3) is 22.2 Å². The van der Waals surface area contributed by atoms with Crippen molar-refractivity contribution in [3.63, 3.8) is 0 Å². The number of rotatable bonds is 2. The number of nitrogens with one attached hydrogen (secondary N) is 1. The summed E-state index contributed by atoms with van der Waals surface area (Å²) in [5.74, 6) is -0.683. The zero-order valence-corrected chi connectivity index (χ0v) is 14.3. The standard InChI is InChI=1S/C18H9BrN4O2/c19-11-7-12(23-13(24)5-6-20)14-15-16(21-8-22-17(11)15)9-3-1-2-4-10(9)18(14)25/h1-4,7-8H,5H2,(H,23,24). The predicted octanol–water partition coefficient (Wildman–Crippen LogP) is 3.46. The number of halogens is 1. The second-order valence-electron chi connectivity index (χ2n) is 5.48. The van der Waals surface area contributed by atoms with Gasteiger partial charge in [0, 0.05) is 21.0 Å². The minimum absolute atomic E-state index is 0.206. The molecule has 1 heterocycles. The van der Waals surface area contributed by atoms with E-state index in [9.17, 15) is 9.59 Å². The molecule has 6 nitrogen and oxygen atoms in total. The van der Waals surface area contributed by atoms with Crippen LogP contribution < -0.4 is 5.32 Å². The summed E-state index contributed by atoms with van der Waals surface area (Å²) < 4.78 is 0.634. The first-order valence-electron chi connectivity index (χ1n) is 7.40. The maximum absolute atomic E-state index is 13.1. The number of nitriles is 1. The number of nitrogens with zero attached hydrogens (tertiary/aromatic N) is 3. The summed E-state index contributed by atoms with van der Waals surface area (Å²) in [6.07, 6.45) is 1.16. The second kappa shape index (κ2) is 5.76. The molecule has 120 valence electrons. The van der Waals surface area contributed by atoms with Gasteiger partial charge in [-0.25, -0.2) is 9.97 Å². The Morgan fingerprint density at radius 2 is 2.00 bits per heavy atom. The molecular formula is C18H9BrN4O2. The van der Waals surface area contributed by atoms with Crippen LogP contribution in [0.3, 0.4) is 0 Å². The highest BCUT2D eigenvalue weighted by Crippen LogP contribution is 2.42. The number of anilines is 1. The highest BCUT2D eigenvalue weighted by atomic mass is 79.9. The molecule has 0 spiro atoms. The molecule has 0 fully saturated rings. The molecule has 25 heavy (non-hydrogen) atoms. The van der Waals surface area contributed by atoms with Gasteiger partial charge in [-0.15, -0.1) is 0 Å². The molecule has 1 N–H and O–H groups in total. The van der Waals surface area contributed by atoms with Crippen LogP contribution in [-0.2, 0) is 4.79 Å². The first-order chi connectivity index (χ1) is 12.1. The third kappa shape index (κ3) is 2.30. The van der Waals surface area contributed by atoms with Crippen molar-refractivity contribution >= 4 is 44.2 Å². The van der Waals surface area contributed by atoms with Crippen LogP contribution in [0.1, 0.15) is 22.3 Å². The lowest BCUT2D eigenvalue weighted by Crippen LogP contribution is -2.18. The summed E-state index contributed by atoms with van der Waals surface area (Å²) in [5, 5.41) is 11.9. The predicted molar refractivity (Wildman–Crippen MR) is 95.0 cm³/mol. The Bertz CT molecular complexity index is 1120. The lowest BCUT2D eigenvalue weighted by Gasteiger charge is -2.21. The molecule has 4 rings (SSSR count). The molecule has 7 heteroatoms. The van der Waals surface area contributed by atoms with Gasteiger partial charge in [-0.3, -0.25) is 9.59 Å². The molecule has 0 bridgehead atoms. The largest absolute Gasteiger partial charge is 0.324 e. The van der Waals surface area contributed by atoms with Gasteiger partial charge in [-0.05, 0) is 22.0 Å². The minimum Gasteiger partial charge on any atom is -0.324 e. The van der Waals surface area contributed by atoms with Crippen LogP contribution >= 0.6 is 15.9 Å². The van der Waals surface area contributed by atoms with Crippen molar-refractivity contribution in [2.45, 2.75) is 6.42 Å². The molecule has 0 saturated carbocycles. The number of aromatic nitrogens is 2. The lowest BCUT2D eigenvalue weighted by atomic mass is 9.86. The summed E-state index contributed by atoms with van der Waals surface area (Å²) in [6, 6.07) is 10.6. The van der Waals surface area contributed by atoms with E-state index in [2.05, 4.69) is 31.2 Å². The highest BCUT2D eigenvalue weighted by Gasteiger charge is 2.30. The topological polar surface area (TPSA) is 95.7 Å². The van der Waals surface area contributed by atoms with Crippen molar-refractivity contribution in [2.75, 3.05) is 5.32 Å². The fraction of sp³-hybridized carbons (Fsp3) is 0.0556. The van der Waals surface area contributed by atoms with Gasteiger partial charge in [-0.2, -0.15) is 5.26 Å². The normalized spacial score (nSPS) is 11.8. The van der Waals surface area contributed by atoms with Gasteiger partial charge in [0.15, 0.2) is 5.78 Å². The summed E-state index contributed by atoms with van der Waals surface area (Å²) in [7, 11) is 0. The molecule has 0 atom stereocenters. The molecule has 0 unspecified atom stereocenters. The Morgan fingerprint density at radius 1 is 1.24 bits per heavy atom. The van der Waals surface area contributed by atoms with Gasteiger partial charge in [-0.1, -0.05) is 24.3 Å². The van der Waals surface area contributed by atoms with Crippen molar-refractivity contribution in [1.82, 2.24) is 9.97 Å². The fourth-order valence-corrected chi connectivity index (χ4v) is 3.56. The Hall–Kier alpha value is -3.11. The summed E-state index contributed by atoms with van der Waals surface area (Å²) in [4.78, 5) is 33.6. The molecule has 0 aliphatic heterocycles. The number of fused-ring (bicyclic) bond motifs is 2. The lowest BCUT2D eigenvalue weighted by molar-refractivity contribution is -0.115. The number of ketones is 1. The van der Waals surface area contributed by atoms with Gasteiger partial charge < -0.3 is 5.32 Å². The average molecular weight is 393 g/mol. The summed E-state index contributed by atoms with van der Waals surface area (Å²) >= 11 is 3.44. The van der Waals surface area contributed by atoms with E-state index < -0.39 is 5.91 Å². The SMILES string of the molecule is N#CCC(=O)Nc1cc(Br)c2ncnc3c2c1C(=O)c1ccccc1-3. The van der Waals surface area contributed by atoms with Crippen molar-refractivity contribution in [1.29, 1.82) is 5.26 Å². The van der Waals surface area contributed by atoms with Gasteiger partial charge >= 0.3 is 0 Å². The van der Waals surface area contributed by atoms with Gasteiger partial charge in [0.2, 0.25) is 5.91 Å². The van der Waals surface area contributed by atoms with Gasteiger partial charge in [0.05, 0.1) is 28.5 Å². The molecule has 1 amide bonds. The number of amides is 1. The number of hydrogen-bond donors (Lipinski definition) is 1. The second-order valence-corrected chi connectivity index (χ2v) is 6.34. The van der Waals surface area contributed by atoms with Crippen molar-refractivity contribution in [3.05, 3.63) is 52.3 Å². The van der Waals surface area contributed by atoms with Crippen LogP contribution in [0.2, 0.25) is 0 Å². The zero-order chi connectivity index (χ0) is 17.6. The van der Waals surface area contributed by atoms with E-state index in [1.807, 2.05) is 12.1 Å². The van der Waals surface area contributed by atoms with Crippen LogP contribution in [0, 0.1) is 11.3 Å². The molecule has 1 aliphatic carbocycles. The van der Waals surface area contributed by atoms with Gasteiger partial charge in [0.1, 0.15) is 12.7 Å². The van der Waals surface area contributed by atoms with Crippen LogP contribution in [0.15, 0.2) is 41.1 Å². The van der Waals surface area contributed by atoms with Crippen molar-refractivity contribution in [3.8, 4) is 17.3 Å². The summed E-state index contributed by atoms with van der Waals surface area (Å²) in [5.41, 5.74) is 3.19. The Morgan fingerprint density at radius 3 is 2.76 bits per heavy atom. The highest BCUT2D eigenvalue weighted by molar-refractivity contribution is 9.10. The number of benzene rings is 2. The van der Waals surface area contributed by atoms with Crippen molar-refractivity contribution < 1.29 is 9.59 Å². The molecule has 3 aromatic rings. The monoisotopic (exact) mass is 392 g/mol. The van der Waals surface area contributed by atoms with E-state index in [1.165, 1.54) is 6.33 Å². The first kappa shape index (κ1) is 15.4. The molecule has 1 aliphatic rings. The van der Waals surface area contributed by atoms with E-state index in [-0.39, 0.29) is 12.2 Å². The van der Waals surface area contributed by atoms with Crippen LogP contribution in [-0.4, -0.2) is 21.7 Å². The first-order valence-corrected chi connectivity index (χ1v) is 8.19. The van der Waals surface area contributed by atoms with E-state index >= 15 is 0 Å². The minimum atomic E-state index is -0.477. The quantitative estimate of drug-likeness (QED) is 0.563. The molecule has 2 aromatic carbocycles. The number of hydrogen-bond acceptors (Lipinski definition) is 5. The maximum Gasteiger partial charge on any atom is 0.238 e. The van der Waals surface area contributed by atoms with Gasteiger partial charge in [0.25, 0.3) is 0 Å². The maximum atomic E-state index is 13.1. The zero-order valence-electron chi connectivity index (χ0n) is 12.7. The molecule has 0 radical (unpaired) electrons. The van der Waals surface area contributed by atoms with Crippen LogP contribution in [0.4, 0.5) is 5.69 Å². The number of carbonyl (C=O) groups excluding carboxylic acids is 2. The van der Waals surface area contributed by atoms with E-state index in [1.54, 1.807) is 24.3 Å². The number of carbonyl (C=O) groups is 2. The van der Waals surface area contributed by atoms with E-state index in [4.69, 9.17) is 5.26 Å². The fourth-order valence-electron chi connectivity index (χ4n) is 3.03. The third-order valence-electron chi connectivity index (χ3n) is 4.03. The molecule has 0 saturated heterocycles. The molecule has 1 aromatic heterocycles.